The monoisotopic (exact) mass is 441 g/mol. The van der Waals surface area contributed by atoms with Gasteiger partial charge < -0.3 is 10.2 Å². The number of rotatable bonds is 4. The number of halogens is 3. The van der Waals surface area contributed by atoms with Gasteiger partial charge in [0.2, 0.25) is 15.9 Å². The van der Waals surface area contributed by atoms with Crippen molar-refractivity contribution >= 4 is 27.5 Å². The van der Waals surface area contributed by atoms with Gasteiger partial charge in [0, 0.05) is 37.5 Å². The molecule has 7 nitrogen and oxygen atoms in total. The lowest BCUT2D eigenvalue weighted by Gasteiger charge is -2.20. The lowest BCUT2D eigenvalue weighted by molar-refractivity contribution is -0.129. The number of amides is 2. The van der Waals surface area contributed by atoms with Gasteiger partial charge in [-0.15, -0.1) is 0 Å². The molecule has 0 spiro atoms. The van der Waals surface area contributed by atoms with E-state index >= 15 is 0 Å². The third-order valence-electron chi connectivity index (χ3n) is 4.63. The number of hydrogen-bond acceptors (Lipinski definition) is 4. The zero-order valence-electron chi connectivity index (χ0n) is 15.9. The summed E-state index contributed by atoms with van der Waals surface area (Å²) in [6.07, 6.45) is 0.374. The Balaban J connectivity index is 1.89. The number of carbonyl (C=O) groups excluding carboxylic acids is 2. The van der Waals surface area contributed by atoms with E-state index < -0.39 is 50.7 Å². The van der Waals surface area contributed by atoms with Crippen molar-refractivity contribution in [3.05, 3.63) is 59.4 Å². The van der Waals surface area contributed by atoms with Crippen LogP contribution in [0, 0.1) is 17.5 Å². The van der Waals surface area contributed by atoms with Crippen LogP contribution in [0.3, 0.4) is 0 Å². The topological polar surface area (TPSA) is 86.8 Å². The molecule has 2 amide bonds. The Hall–Kier alpha value is -2.92. The van der Waals surface area contributed by atoms with Gasteiger partial charge in [-0.25, -0.2) is 21.6 Å². The van der Waals surface area contributed by atoms with Crippen LogP contribution < -0.4 is 5.32 Å². The van der Waals surface area contributed by atoms with Gasteiger partial charge in [-0.1, -0.05) is 0 Å². The number of benzene rings is 2. The maximum Gasteiger partial charge on any atom is 0.255 e. The summed E-state index contributed by atoms with van der Waals surface area (Å²) >= 11 is 0. The minimum Gasteiger partial charge on any atom is -0.345 e. The van der Waals surface area contributed by atoms with E-state index in [4.69, 9.17) is 0 Å². The first-order chi connectivity index (χ1) is 14.1. The summed E-state index contributed by atoms with van der Waals surface area (Å²) in [5.41, 5.74) is -0.272. The molecule has 0 aliphatic carbocycles. The molecule has 11 heteroatoms. The third kappa shape index (κ3) is 4.46. The highest BCUT2D eigenvalue weighted by Crippen LogP contribution is 2.23. The summed E-state index contributed by atoms with van der Waals surface area (Å²) < 4.78 is 67.4. The Morgan fingerprint density at radius 2 is 1.70 bits per heavy atom. The SMILES string of the molecule is CN1CCCN(S(=O)(=O)c2cc(C(=O)Nc3ccc(F)c(F)c3)ccc2F)CC1=O. The third-order valence-corrected chi connectivity index (χ3v) is 6.49. The van der Waals surface area contributed by atoms with Crippen LogP contribution in [0.15, 0.2) is 41.3 Å². The summed E-state index contributed by atoms with van der Waals surface area (Å²) in [6.45, 7) is -0.0588. The Morgan fingerprint density at radius 3 is 2.40 bits per heavy atom. The molecule has 1 fully saturated rings. The second-order valence-electron chi connectivity index (χ2n) is 6.74. The van der Waals surface area contributed by atoms with Crippen LogP contribution >= 0.6 is 0 Å². The standard InChI is InChI=1S/C19H18F3N3O4S/c1-24-7-2-8-25(11-18(24)26)30(28,29)17-9-12(3-5-15(17)21)19(27)23-13-4-6-14(20)16(22)10-13/h3-6,9-10H,2,7-8,11H2,1H3,(H,23,27). The van der Waals surface area contributed by atoms with Crippen LogP contribution in [-0.2, 0) is 14.8 Å². The molecule has 1 saturated heterocycles. The molecule has 2 aromatic rings. The maximum atomic E-state index is 14.4. The average Bonchev–Trinajstić information content (AvgIpc) is 2.86. The molecule has 30 heavy (non-hydrogen) atoms. The first kappa shape index (κ1) is 21.8. The molecule has 160 valence electrons. The zero-order valence-corrected chi connectivity index (χ0v) is 16.7. The predicted molar refractivity (Wildman–Crippen MR) is 102 cm³/mol. The molecule has 0 atom stereocenters. The van der Waals surface area contributed by atoms with Crippen LogP contribution in [0.5, 0.6) is 0 Å². The van der Waals surface area contributed by atoms with E-state index in [9.17, 15) is 31.2 Å². The largest absolute Gasteiger partial charge is 0.345 e. The molecule has 1 aliphatic rings. The van der Waals surface area contributed by atoms with Crippen molar-refractivity contribution in [1.82, 2.24) is 9.21 Å². The summed E-state index contributed by atoms with van der Waals surface area (Å²) in [4.78, 5) is 25.1. The molecule has 0 unspecified atom stereocenters. The number of sulfonamides is 1. The van der Waals surface area contributed by atoms with Gasteiger partial charge >= 0.3 is 0 Å². The Kier molecular flexibility index (Phi) is 6.13. The van der Waals surface area contributed by atoms with Gasteiger partial charge in [-0.3, -0.25) is 9.59 Å². The predicted octanol–water partition coefficient (Wildman–Crippen LogP) is 2.21. The normalized spacial score (nSPS) is 15.7. The van der Waals surface area contributed by atoms with Gasteiger partial charge in [0.25, 0.3) is 5.91 Å². The zero-order chi connectivity index (χ0) is 22.1. The van der Waals surface area contributed by atoms with Crippen LogP contribution in [0.2, 0.25) is 0 Å². The molecule has 1 aliphatic heterocycles. The van der Waals surface area contributed by atoms with Crippen LogP contribution in [-0.4, -0.2) is 56.1 Å². The molecule has 2 aromatic carbocycles. The van der Waals surface area contributed by atoms with Crippen LogP contribution in [0.1, 0.15) is 16.8 Å². The van der Waals surface area contributed by atoms with E-state index in [0.717, 1.165) is 40.7 Å². The minimum atomic E-state index is -4.39. The van der Waals surface area contributed by atoms with E-state index in [1.807, 2.05) is 0 Å². The van der Waals surface area contributed by atoms with Gasteiger partial charge in [-0.05, 0) is 36.8 Å². The van der Waals surface area contributed by atoms with Crippen molar-refractivity contribution in [2.45, 2.75) is 11.3 Å². The molecular formula is C19H18F3N3O4S. The number of carbonyl (C=O) groups is 2. The summed E-state index contributed by atoms with van der Waals surface area (Å²) in [7, 11) is -2.85. The summed E-state index contributed by atoms with van der Waals surface area (Å²) in [5, 5.41) is 2.29. The van der Waals surface area contributed by atoms with Crippen LogP contribution in [0.25, 0.3) is 0 Å². The molecule has 3 rings (SSSR count). The Morgan fingerprint density at radius 1 is 1.00 bits per heavy atom. The van der Waals surface area contributed by atoms with E-state index in [2.05, 4.69) is 5.32 Å². The van der Waals surface area contributed by atoms with Crippen molar-refractivity contribution in [2.24, 2.45) is 0 Å². The molecule has 1 heterocycles. The number of nitrogens with zero attached hydrogens (tertiary/aromatic N) is 2. The first-order valence-corrected chi connectivity index (χ1v) is 10.3. The van der Waals surface area contributed by atoms with Crippen molar-refractivity contribution in [1.29, 1.82) is 0 Å². The number of nitrogens with one attached hydrogen (secondary N) is 1. The van der Waals surface area contributed by atoms with Crippen molar-refractivity contribution < 1.29 is 31.2 Å². The highest BCUT2D eigenvalue weighted by atomic mass is 32.2. The summed E-state index contributed by atoms with van der Waals surface area (Å²) in [6, 6.07) is 5.42. The van der Waals surface area contributed by atoms with Gasteiger partial charge in [0.15, 0.2) is 11.6 Å². The lowest BCUT2D eigenvalue weighted by atomic mass is 10.2. The van der Waals surface area contributed by atoms with Crippen LogP contribution in [0.4, 0.5) is 18.9 Å². The molecular weight excluding hydrogens is 423 g/mol. The van der Waals surface area contributed by atoms with Crippen molar-refractivity contribution in [3.63, 3.8) is 0 Å². The first-order valence-electron chi connectivity index (χ1n) is 8.89. The van der Waals surface area contributed by atoms with Gasteiger partial charge in [0.1, 0.15) is 10.7 Å². The lowest BCUT2D eigenvalue weighted by Crippen LogP contribution is -2.38. The fraction of sp³-hybridized carbons (Fsp3) is 0.263. The number of likely N-dealkylation sites (N-methyl/N-ethyl adjacent to an activating group) is 1. The van der Waals surface area contributed by atoms with E-state index in [0.29, 0.717) is 13.0 Å². The Bertz CT molecular complexity index is 1110. The van der Waals surface area contributed by atoms with Gasteiger partial charge in [0.05, 0.1) is 6.54 Å². The second-order valence-corrected chi connectivity index (χ2v) is 8.64. The Labute approximate surface area is 171 Å². The van der Waals surface area contributed by atoms with E-state index in [-0.39, 0.29) is 17.8 Å². The highest BCUT2D eigenvalue weighted by Gasteiger charge is 2.32. The van der Waals surface area contributed by atoms with Crippen molar-refractivity contribution in [3.8, 4) is 0 Å². The number of anilines is 1. The van der Waals surface area contributed by atoms with Crippen molar-refractivity contribution in [2.75, 3.05) is 32.0 Å². The maximum absolute atomic E-state index is 14.4. The smallest absolute Gasteiger partial charge is 0.255 e. The fourth-order valence-corrected chi connectivity index (χ4v) is 4.44. The summed E-state index contributed by atoms with van der Waals surface area (Å²) in [5.74, 6) is -4.62. The molecule has 0 saturated carbocycles. The molecule has 1 N–H and O–H groups in total. The molecule has 0 bridgehead atoms. The highest BCUT2D eigenvalue weighted by molar-refractivity contribution is 7.89. The average molecular weight is 441 g/mol. The number of hydrogen-bond donors (Lipinski definition) is 1. The minimum absolute atomic E-state index is 0.0170. The molecule has 0 aromatic heterocycles. The quantitative estimate of drug-likeness (QED) is 0.788. The van der Waals surface area contributed by atoms with E-state index in [1.165, 1.54) is 4.90 Å². The second kappa shape index (κ2) is 8.44. The van der Waals surface area contributed by atoms with Gasteiger partial charge in [-0.2, -0.15) is 4.31 Å². The fourth-order valence-electron chi connectivity index (χ4n) is 2.92. The van der Waals surface area contributed by atoms with E-state index in [1.54, 1.807) is 7.05 Å². The molecule has 0 radical (unpaired) electrons.